The monoisotopic (exact) mass is 462 g/mol. The second-order valence-corrected chi connectivity index (χ2v) is 7.91. The Labute approximate surface area is 194 Å². The van der Waals surface area contributed by atoms with Crippen molar-refractivity contribution in [3.63, 3.8) is 0 Å². The van der Waals surface area contributed by atoms with E-state index in [1.165, 1.54) is 6.33 Å². The van der Waals surface area contributed by atoms with Crippen LogP contribution in [0.25, 0.3) is 16.9 Å². The van der Waals surface area contributed by atoms with E-state index in [1.807, 2.05) is 44.3 Å². The minimum Gasteiger partial charge on any atom is -0.486 e. The van der Waals surface area contributed by atoms with Gasteiger partial charge >= 0.3 is 0 Å². The molecule has 0 aliphatic carbocycles. The van der Waals surface area contributed by atoms with E-state index in [9.17, 15) is 5.26 Å². The summed E-state index contributed by atoms with van der Waals surface area (Å²) in [6, 6.07) is 7.40. The molecule has 1 aromatic carbocycles. The number of aromatic nitrogens is 5. The van der Waals surface area contributed by atoms with E-state index in [2.05, 4.69) is 20.4 Å². The van der Waals surface area contributed by atoms with Crippen LogP contribution >= 0.6 is 11.6 Å². The van der Waals surface area contributed by atoms with Gasteiger partial charge in [-0.15, -0.1) is 0 Å². The van der Waals surface area contributed by atoms with Crippen LogP contribution in [0.3, 0.4) is 0 Å². The molecule has 0 radical (unpaired) electrons. The molecule has 0 unspecified atom stereocenters. The molecule has 11 heteroatoms. The van der Waals surface area contributed by atoms with Crippen molar-refractivity contribution in [2.75, 3.05) is 24.3 Å². The SMILES string of the molecule is Cc1nn2cc([C@H](C)Nc3ncnc(N)c3C#N)c(-c3ccc4c(c3)OCCO4)nc2c1Cl. The summed E-state index contributed by atoms with van der Waals surface area (Å²) in [6.45, 7) is 4.75. The van der Waals surface area contributed by atoms with Crippen molar-refractivity contribution in [1.82, 2.24) is 24.6 Å². The minimum absolute atomic E-state index is 0.109. The largest absolute Gasteiger partial charge is 0.486 e. The number of nitrogens with one attached hydrogen (secondary N) is 1. The van der Waals surface area contributed by atoms with Crippen molar-refractivity contribution < 1.29 is 9.47 Å². The van der Waals surface area contributed by atoms with Gasteiger partial charge in [0, 0.05) is 17.3 Å². The molecule has 0 saturated carbocycles. The zero-order valence-electron chi connectivity index (χ0n) is 17.8. The normalized spacial score (nSPS) is 13.5. The first-order chi connectivity index (χ1) is 16.0. The van der Waals surface area contributed by atoms with Gasteiger partial charge < -0.3 is 20.5 Å². The van der Waals surface area contributed by atoms with Gasteiger partial charge in [0.25, 0.3) is 0 Å². The average molecular weight is 463 g/mol. The van der Waals surface area contributed by atoms with Crippen molar-refractivity contribution >= 4 is 28.9 Å². The summed E-state index contributed by atoms with van der Waals surface area (Å²) in [7, 11) is 0. The summed E-state index contributed by atoms with van der Waals surface area (Å²) in [6.07, 6.45) is 3.17. The summed E-state index contributed by atoms with van der Waals surface area (Å²) in [5.74, 6) is 1.78. The molecule has 0 saturated heterocycles. The molecule has 0 spiro atoms. The first-order valence-electron chi connectivity index (χ1n) is 10.2. The van der Waals surface area contributed by atoms with Crippen LogP contribution in [0.4, 0.5) is 11.6 Å². The molecular formula is C22H19ClN8O2. The van der Waals surface area contributed by atoms with E-state index in [1.54, 1.807) is 4.52 Å². The molecule has 0 amide bonds. The van der Waals surface area contributed by atoms with Crippen LogP contribution in [0, 0.1) is 18.3 Å². The summed E-state index contributed by atoms with van der Waals surface area (Å²) in [4.78, 5) is 12.9. The molecule has 166 valence electrons. The molecule has 0 fully saturated rings. The first-order valence-corrected chi connectivity index (χ1v) is 10.6. The molecular weight excluding hydrogens is 444 g/mol. The Hall–Kier alpha value is -4.10. The van der Waals surface area contributed by atoms with Crippen molar-refractivity contribution in [3.8, 4) is 28.8 Å². The number of halogens is 1. The average Bonchev–Trinajstić information content (AvgIpc) is 3.10. The fourth-order valence-electron chi connectivity index (χ4n) is 3.71. The summed E-state index contributed by atoms with van der Waals surface area (Å²) >= 11 is 6.46. The van der Waals surface area contributed by atoms with Crippen LogP contribution in [0.15, 0.2) is 30.7 Å². The van der Waals surface area contributed by atoms with Gasteiger partial charge in [0.1, 0.15) is 47.8 Å². The maximum Gasteiger partial charge on any atom is 0.174 e. The number of hydrogen-bond acceptors (Lipinski definition) is 9. The maximum absolute atomic E-state index is 9.49. The van der Waals surface area contributed by atoms with Gasteiger partial charge in [-0.3, -0.25) is 0 Å². The van der Waals surface area contributed by atoms with Crippen LogP contribution < -0.4 is 20.5 Å². The number of benzene rings is 1. The standard InChI is InChI=1S/C22H19ClN8O2/c1-11(28-21-14(8-24)20(25)26-10-27-21)15-9-31-22(18(23)12(2)30-31)29-19(15)13-3-4-16-17(7-13)33-6-5-32-16/h3-4,7,9-11H,5-6H2,1-2H3,(H3,25,26,27,28)/t11-/m0/s1. The third-order valence-corrected chi connectivity index (χ3v) is 5.81. The number of rotatable bonds is 4. The molecule has 1 aliphatic rings. The number of nitrogens with two attached hydrogens (primary N) is 1. The number of fused-ring (bicyclic) bond motifs is 2. The van der Waals surface area contributed by atoms with E-state index >= 15 is 0 Å². The molecule has 1 aliphatic heterocycles. The second-order valence-electron chi connectivity index (χ2n) is 7.53. The quantitative estimate of drug-likeness (QED) is 0.466. The highest BCUT2D eigenvalue weighted by Gasteiger charge is 2.22. The number of ether oxygens (including phenoxy) is 2. The topological polar surface area (TPSA) is 136 Å². The lowest BCUT2D eigenvalue weighted by Crippen LogP contribution is -2.16. The Kier molecular flexibility index (Phi) is 5.11. The van der Waals surface area contributed by atoms with Crippen LogP contribution in [0.5, 0.6) is 11.5 Å². The summed E-state index contributed by atoms with van der Waals surface area (Å²) in [5.41, 5.74) is 9.55. The fourth-order valence-corrected chi connectivity index (χ4v) is 3.88. The zero-order valence-corrected chi connectivity index (χ0v) is 18.6. The number of aryl methyl sites for hydroxylation is 1. The number of nitrogen functional groups attached to an aromatic ring is 1. The van der Waals surface area contributed by atoms with Crippen molar-refractivity contribution in [2.24, 2.45) is 0 Å². The Morgan fingerprint density at radius 2 is 2.03 bits per heavy atom. The molecule has 10 nitrogen and oxygen atoms in total. The highest BCUT2D eigenvalue weighted by Crippen LogP contribution is 2.37. The van der Waals surface area contributed by atoms with Crippen molar-refractivity contribution in [1.29, 1.82) is 5.26 Å². The lowest BCUT2D eigenvalue weighted by molar-refractivity contribution is 0.171. The molecule has 4 heterocycles. The minimum atomic E-state index is -0.324. The van der Waals surface area contributed by atoms with Gasteiger partial charge in [-0.2, -0.15) is 10.4 Å². The van der Waals surface area contributed by atoms with Gasteiger partial charge in [0.15, 0.2) is 17.1 Å². The van der Waals surface area contributed by atoms with Gasteiger partial charge in [0.2, 0.25) is 0 Å². The number of anilines is 2. The molecule has 33 heavy (non-hydrogen) atoms. The van der Waals surface area contributed by atoms with Gasteiger partial charge in [0.05, 0.1) is 17.4 Å². The smallest absolute Gasteiger partial charge is 0.174 e. The van der Waals surface area contributed by atoms with Gasteiger partial charge in [-0.05, 0) is 32.0 Å². The number of hydrogen-bond donors (Lipinski definition) is 2. The molecule has 0 bridgehead atoms. The van der Waals surface area contributed by atoms with Crippen LogP contribution in [0.1, 0.15) is 29.8 Å². The summed E-state index contributed by atoms with van der Waals surface area (Å²) in [5, 5.41) is 17.7. The Balaban J connectivity index is 1.65. The van der Waals surface area contributed by atoms with E-state index in [4.69, 9.17) is 31.8 Å². The van der Waals surface area contributed by atoms with Crippen molar-refractivity contribution in [2.45, 2.75) is 19.9 Å². The number of nitriles is 1. The van der Waals surface area contributed by atoms with Crippen LogP contribution in [-0.2, 0) is 0 Å². The second kappa shape index (κ2) is 8.11. The third kappa shape index (κ3) is 3.62. The predicted octanol–water partition coefficient (Wildman–Crippen LogP) is 3.55. The van der Waals surface area contributed by atoms with E-state index in [0.29, 0.717) is 52.6 Å². The van der Waals surface area contributed by atoms with Gasteiger partial charge in [-0.1, -0.05) is 11.6 Å². The zero-order chi connectivity index (χ0) is 23.1. The van der Waals surface area contributed by atoms with E-state index < -0.39 is 0 Å². The summed E-state index contributed by atoms with van der Waals surface area (Å²) < 4.78 is 13.1. The number of nitrogens with zero attached hydrogens (tertiary/aromatic N) is 6. The highest BCUT2D eigenvalue weighted by atomic mass is 35.5. The Morgan fingerprint density at radius 3 is 2.82 bits per heavy atom. The maximum atomic E-state index is 9.49. The fraction of sp³-hybridized carbons (Fsp3) is 0.227. The third-order valence-electron chi connectivity index (χ3n) is 5.36. The molecule has 4 aromatic rings. The molecule has 3 N–H and O–H groups in total. The molecule has 3 aromatic heterocycles. The highest BCUT2D eigenvalue weighted by molar-refractivity contribution is 6.34. The van der Waals surface area contributed by atoms with E-state index in [0.717, 1.165) is 11.1 Å². The Bertz CT molecular complexity index is 1430. The van der Waals surface area contributed by atoms with Crippen LogP contribution in [-0.4, -0.2) is 37.8 Å². The van der Waals surface area contributed by atoms with Crippen LogP contribution in [0.2, 0.25) is 5.02 Å². The Morgan fingerprint density at radius 1 is 1.24 bits per heavy atom. The van der Waals surface area contributed by atoms with Gasteiger partial charge in [-0.25, -0.2) is 19.5 Å². The van der Waals surface area contributed by atoms with Crippen molar-refractivity contribution in [3.05, 3.63) is 52.6 Å². The lowest BCUT2D eigenvalue weighted by Gasteiger charge is -2.21. The molecule has 1 atom stereocenters. The first kappa shape index (κ1) is 20.8. The molecule has 5 rings (SSSR count). The predicted molar refractivity (Wildman–Crippen MR) is 122 cm³/mol. The lowest BCUT2D eigenvalue weighted by atomic mass is 10.0. The van der Waals surface area contributed by atoms with E-state index in [-0.39, 0.29) is 17.4 Å².